The largest absolute Gasteiger partial charge is 0.493 e. The van der Waals surface area contributed by atoms with Gasteiger partial charge >= 0.3 is 5.97 Å². The second-order valence-electron chi connectivity index (χ2n) is 7.67. The SMILES string of the molecule is CCN(CC)C(=O)[C@H]1CN2CCc3cc(OC)c(OC)cc3[C@@H]2C[C@H]1OC(C)=O. The number of piperidine rings is 1. The number of esters is 1. The number of carbonyl (C=O) groups excluding carboxylic acids is 2. The van der Waals surface area contributed by atoms with E-state index in [1.54, 1.807) is 14.2 Å². The lowest BCUT2D eigenvalue weighted by molar-refractivity contribution is -0.161. The molecule has 0 unspecified atom stereocenters. The Labute approximate surface area is 172 Å². The van der Waals surface area contributed by atoms with Crippen molar-refractivity contribution in [2.24, 2.45) is 5.92 Å². The van der Waals surface area contributed by atoms with Crippen molar-refractivity contribution >= 4 is 11.9 Å². The maximum Gasteiger partial charge on any atom is 0.302 e. The Balaban J connectivity index is 1.93. The van der Waals surface area contributed by atoms with Gasteiger partial charge in [0.25, 0.3) is 0 Å². The van der Waals surface area contributed by atoms with Crippen LogP contribution in [0.5, 0.6) is 11.5 Å². The molecule has 0 bridgehead atoms. The number of hydrogen-bond donors (Lipinski definition) is 0. The van der Waals surface area contributed by atoms with E-state index in [1.807, 2.05) is 30.9 Å². The van der Waals surface area contributed by atoms with Crippen molar-refractivity contribution in [3.8, 4) is 11.5 Å². The number of hydrogen-bond acceptors (Lipinski definition) is 6. The fourth-order valence-corrected chi connectivity index (χ4v) is 4.68. The summed E-state index contributed by atoms with van der Waals surface area (Å²) in [5.41, 5.74) is 2.39. The number of methoxy groups -OCH3 is 2. The van der Waals surface area contributed by atoms with Crippen molar-refractivity contribution in [3.05, 3.63) is 23.3 Å². The van der Waals surface area contributed by atoms with Crippen LogP contribution in [0.3, 0.4) is 0 Å². The average Bonchev–Trinajstić information content (AvgIpc) is 2.72. The first-order chi connectivity index (χ1) is 13.9. The molecule has 29 heavy (non-hydrogen) atoms. The Morgan fingerprint density at radius 2 is 1.79 bits per heavy atom. The molecule has 2 heterocycles. The van der Waals surface area contributed by atoms with E-state index in [4.69, 9.17) is 14.2 Å². The highest BCUT2D eigenvalue weighted by atomic mass is 16.5. The summed E-state index contributed by atoms with van der Waals surface area (Å²) < 4.78 is 16.6. The van der Waals surface area contributed by atoms with Gasteiger partial charge < -0.3 is 19.1 Å². The number of amides is 1. The highest BCUT2D eigenvalue weighted by molar-refractivity contribution is 5.80. The molecular weight excluding hydrogens is 372 g/mol. The highest BCUT2D eigenvalue weighted by Crippen LogP contribution is 2.43. The van der Waals surface area contributed by atoms with Crippen LogP contribution in [0.2, 0.25) is 0 Å². The molecule has 7 heteroatoms. The molecule has 7 nitrogen and oxygen atoms in total. The van der Waals surface area contributed by atoms with E-state index >= 15 is 0 Å². The monoisotopic (exact) mass is 404 g/mol. The predicted molar refractivity (Wildman–Crippen MR) is 109 cm³/mol. The summed E-state index contributed by atoms with van der Waals surface area (Å²) >= 11 is 0. The summed E-state index contributed by atoms with van der Waals surface area (Å²) in [4.78, 5) is 29.1. The smallest absolute Gasteiger partial charge is 0.302 e. The molecule has 1 amide bonds. The zero-order valence-electron chi connectivity index (χ0n) is 18.1. The number of carbonyl (C=O) groups is 2. The number of nitrogens with zero attached hydrogens (tertiary/aromatic N) is 2. The van der Waals surface area contributed by atoms with E-state index < -0.39 is 6.10 Å². The summed E-state index contributed by atoms with van der Waals surface area (Å²) in [5, 5.41) is 0. The first-order valence-corrected chi connectivity index (χ1v) is 10.4. The van der Waals surface area contributed by atoms with Gasteiger partial charge in [-0.1, -0.05) is 0 Å². The second kappa shape index (κ2) is 9.03. The van der Waals surface area contributed by atoms with E-state index in [1.165, 1.54) is 18.1 Å². The summed E-state index contributed by atoms with van der Waals surface area (Å²) in [6.45, 7) is 8.13. The van der Waals surface area contributed by atoms with Crippen molar-refractivity contribution < 1.29 is 23.8 Å². The van der Waals surface area contributed by atoms with Crippen LogP contribution in [0.25, 0.3) is 0 Å². The van der Waals surface area contributed by atoms with Crippen LogP contribution in [0.1, 0.15) is 44.4 Å². The quantitative estimate of drug-likeness (QED) is 0.679. The highest BCUT2D eigenvalue weighted by Gasteiger charge is 2.44. The van der Waals surface area contributed by atoms with Gasteiger partial charge in [-0.2, -0.15) is 0 Å². The Morgan fingerprint density at radius 3 is 2.38 bits per heavy atom. The molecule has 3 atom stereocenters. The van der Waals surface area contributed by atoms with Gasteiger partial charge in [0.15, 0.2) is 11.5 Å². The van der Waals surface area contributed by atoms with Gasteiger partial charge in [-0.25, -0.2) is 0 Å². The van der Waals surface area contributed by atoms with E-state index in [2.05, 4.69) is 4.90 Å². The minimum atomic E-state index is -0.430. The Kier molecular flexibility index (Phi) is 6.67. The van der Waals surface area contributed by atoms with Crippen LogP contribution < -0.4 is 9.47 Å². The molecule has 0 spiro atoms. The van der Waals surface area contributed by atoms with Crippen LogP contribution in [-0.2, 0) is 20.7 Å². The molecule has 0 N–H and O–H groups in total. The molecule has 2 aliphatic heterocycles. The molecule has 2 aliphatic rings. The fourth-order valence-electron chi connectivity index (χ4n) is 4.68. The van der Waals surface area contributed by atoms with Gasteiger partial charge in [-0.05, 0) is 43.5 Å². The van der Waals surface area contributed by atoms with E-state index in [0.717, 1.165) is 18.7 Å². The van der Waals surface area contributed by atoms with Crippen molar-refractivity contribution in [1.29, 1.82) is 0 Å². The molecule has 1 aromatic rings. The van der Waals surface area contributed by atoms with Gasteiger partial charge in [-0.15, -0.1) is 0 Å². The van der Waals surface area contributed by atoms with E-state index in [-0.39, 0.29) is 23.8 Å². The standard InChI is InChI=1S/C22H32N2O5/c1-6-23(7-2)22(26)17-13-24-9-8-15-10-20(27-4)21(28-5)11-16(15)18(24)12-19(17)29-14(3)25/h10-11,17-19H,6-9,12-13H2,1-5H3/t17-,18-,19+/m0/s1. The summed E-state index contributed by atoms with van der Waals surface area (Å²) in [6.07, 6.45) is 1.05. The molecule has 3 rings (SSSR count). The Bertz CT molecular complexity index is 762. The van der Waals surface area contributed by atoms with Crippen LogP contribution in [0.15, 0.2) is 12.1 Å². The van der Waals surface area contributed by atoms with Crippen molar-refractivity contribution in [2.75, 3.05) is 40.4 Å². The fraction of sp³-hybridized carbons (Fsp3) is 0.636. The normalized spacial score (nSPS) is 23.6. The minimum Gasteiger partial charge on any atom is -0.493 e. The lowest BCUT2D eigenvalue weighted by atomic mass is 9.81. The van der Waals surface area contributed by atoms with Crippen molar-refractivity contribution in [3.63, 3.8) is 0 Å². The summed E-state index contributed by atoms with van der Waals surface area (Å²) in [6, 6.07) is 4.16. The van der Waals surface area contributed by atoms with Crippen LogP contribution >= 0.6 is 0 Å². The average molecular weight is 405 g/mol. The van der Waals surface area contributed by atoms with E-state index in [9.17, 15) is 9.59 Å². The van der Waals surface area contributed by atoms with E-state index in [0.29, 0.717) is 31.8 Å². The molecule has 0 aliphatic carbocycles. The third-order valence-corrected chi connectivity index (χ3v) is 6.16. The van der Waals surface area contributed by atoms with Gasteiger partial charge in [0.05, 0.1) is 20.1 Å². The maximum atomic E-state index is 13.1. The Morgan fingerprint density at radius 1 is 1.14 bits per heavy atom. The summed E-state index contributed by atoms with van der Waals surface area (Å²) in [5.74, 6) is 0.804. The minimum absolute atomic E-state index is 0.0674. The predicted octanol–water partition coefficient (Wildman–Crippen LogP) is 2.42. The molecule has 0 radical (unpaired) electrons. The maximum absolute atomic E-state index is 13.1. The zero-order valence-corrected chi connectivity index (χ0v) is 18.1. The number of benzene rings is 1. The lowest BCUT2D eigenvalue weighted by Crippen LogP contribution is -2.54. The molecule has 160 valence electrons. The van der Waals surface area contributed by atoms with Crippen molar-refractivity contribution in [1.82, 2.24) is 9.80 Å². The lowest BCUT2D eigenvalue weighted by Gasteiger charge is -2.46. The zero-order chi connectivity index (χ0) is 21.1. The van der Waals surface area contributed by atoms with Gasteiger partial charge in [0.2, 0.25) is 5.91 Å². The summed E-state index contributed by atoms with van der Waals surface area (Å²) in [7, 11) is 3.27. The molecule has 1 saturated heterocycles. The van der Waals surface area contributed by atoms with Crippen LogP contribution in [0, 0.1) is 5.92 Å². The number of ether oxygens (including phenoxy) is 3. The third kappa shape index (κ3) is 4.20. The van der Waals surface area contributed by atoms with Crippen LogP contribution in [-0.4, -0.2) is 68.2 Å². The van der Waals surface area contributed by atoms with Crippen LogP contribution in [0.4, 0.5) is 0 Å². The number of fused-ring (bicyclic) bond motifs is 3. The van der Waals surface area contributed by atoms with Gasteiger partial charge in [0, 0.05) is 45.6 Å². The number of rotatable bonds is 6. The third-order valence-electron chi connectivity index (χ3n) is 6.16. The first kappa shape index (κ1) is 21.4. The molecule has 0 aromatic heterocycles. The second-order valence-corrected chi connectivity index (χ2v) is 7.67. The first-order valence-electron chi connectivity index (χ1n) is 10.4. The Hall–Kier alpha value is -2.28. The topological polar surface area (TPSA) is 68.3 Å². The molecule has 1 fully saturated rings. The van der Waals surface area contributed by atoms with Gasteiger partial charge in [-0.3, -0.25) is 14.5 Å². The van der Waals surface area contributed by atoms with Gasteiger partial charge in [0.1, 0.15) is 6.10 Å². The van der Waals surface area contributed by atoms with Crippen molar-refractivity contribution in [2.45, 2.75) is 45.8 Å². The molecule has 0 saturated carbocycles. The molecular formula is C22H32N2O5. The molecule has 1 aromatic carbocycles.